The summed E-state index contributed by atoms with van der Waals surface area (Å²) in [4.78, 5) is 37.1. The van der Waals surface area contributed by atoms with E-state index in [1.54, 1.807) is 0 Å². The predicted octanol–water partition coefficient (Wildman–Crippen LogP) is 2.18. The Hall–Kier alpha value is -2.96. The standard InChI is InChI=1S/C13H11F3N4O5S/c1-6(21)18-12(10(22)25-2,13(14,15)16)19-11-17-8-4-3-7(20(23)24)5-9(8)26-11/h3-5H,1-2H3,(H,17,19)(H,18,21)/t12-/m1/s1. The molecule has 9 nitrogen and oxygen atoms in total. The van der Waals surface area contributed by atoms with Crippen LogP contribution in [0.5, 0.6) is 0 Å². The van der Waals surface area contributed by atoms with Gasteiger partial charge in [-0.15, -0.1) is 0 Å². The topological polar surface area (TPSA) is 123 Å². The Labute approximate surface area is 147 Å². The maximum Gasteiger partial charge on any atom is 0.442 e. The molecule has 0 aliphatic carbocycles. The molecule has 0 saturated carbocycles. The zero-order valence-electron chi connectivity index (χ0n) is 13.2. The van der Waals surface area contributed by atoms with Gasteiger partial charge in [0.25, 0.3) is 5.69 Å². The van der Waals surface area contributed by atoms with E-state index in [1.807, 2.05) is 5.32 Å². The smallest absolute Gasteiger partial charge is 0.442 e. The minimum Gasteiger partial charge on any atom is -0.466 e. The number of benzene rings is 1. The highest BCUT2D eigenvalue weighted by atomic mass is 32.1. The molecule has 2 rings (SSSR count). The molecule has 0 unspecified atom stereocenters. The monoisotopic (exact) mass is 392 g/mol. The quantitative estimate of drug-likeness (QED) is 0.346. The maximum absolute atomic E-state index is 13.6. The van der Waals surface area contributed by atoms with Crippen LogP contribution in [0.2, 0.25) is 0 Å². The average molecular weight is 392 g/mol. The minimum absolute atomic E-state index is 0.173. The first-order valence-electron chi connectivity index (χ1n) is 6.77. The summed E-state index contributed by atoms with van der Waals surface area (Å²) in [7, 11) is 0.730. The van der Waals surface area contributed by atoms with Gasteiger partial charge in [-0.1, -0.05) is 11.3 Å². The second kappa shape index (κ2) is 6.74. The number of halogens is 3. The molecule has 1 aromatic heterocycles. The van der Waals surface area contributed by atoms with Crippen molar-refractivity contribution < 1.29 is 32.4 Å². The number of hydrogen-bond donors (Lipinski definition) is 2. The molecular formula is C13H11F3N4O5S. The van der Waals surface area contributed by atoms with Gasteiger partial charge in [0.15, 0.2) is 5.13 Å². The number of carbonyl (C=O) groups is 2. The number of amides is 1. The van der Waals surface area contributed by atoms with Gasteiger partial charge in [0.05, 0.1) is 22.2 Å². The highest BCUT2D eigenvalue weighted by Crippen LogP contribution is 2.36. The van der Waals surface area contributed by atoms with E-state index < -0.39 is 33.8 Å². The lowest BCUT2D eigenvalue weighted by Gasteiger charge is -2.33. The number of non-ortho nitro benzene ring substituents is 1. The van der Waals surface area contributed by atoms with Crippen molar-refractivity contribution in [3.8, 4) is 0 Å². The third kappa shape index (κ3) is 3.51. The molecule has 0 spiro atoms. The van der Waals surface area contributed by atoms with Gasteiger partial charge >= 0.3 is 17.8 Å². The number of hydrogen-bond acceptors (Lipinski definition) is 8. The summed E-state index contributed by atoms with van der Waals surface area (Å²) >= 11 is 0.641. The Bertz CT molecular complexity index is 884. The fraction of sp³-hybridized carbons (Fsp3) is 0.308. The van der Waals surface area contributed by atoms with Crippen LogP contribution in [-0.2, 0) is 14.3 Å². The van der Waals surface area contributed by atoms with Crippen molar-refractivity contribution in [3.63, 3.8) is 0 Å². The molecule has 0 bridgehead atoms. The highest BCUT2D eigenvalue weighted by molar-refractivity contribution is 7.22. The predicted molar refractivity (Wildman–Crippen MR) is 84.5 cm³/mol. The van der Waals surface area contributed by atoms with Gasteiger partial charge in [0.1, 0.15) is 0 Å². The second-order valence-corrected chi connectivity index (χ2v) is 6.00. The molecule has 1 aromatic carbocycles. The van der Waals surface area contributed by atoms with Crippen LogP contribution in [0.25, 0.3) is 10.2 Å². The van der Waals surface area contributed by atoms with Crippen LogP contribution in [0, 0.1) is 10.1 Å². The molecule has 2 aromatic rings. The number of esters is 1. The van der Waals surface area contributed by atoms with E-state index in [2.05, 4.69) is 9.72 Å². The molecule has 13 heteroatoms. The van der Waals surface area contributed by atoms with Crippen LogP contribution >= 0.6 is 11.3 Å². The summed E-state index contributed by atoms with van der Waals surface area (Å²) in [6, 6.07) is 3.52. The zero-order valence-corrected chi connectivity index (χ0v) is 14.0. The normalized spacial score (nSPS) is 13.7. The molecule has 0 radical (unpaired) electrons. The summed E-state index contributed by atoms with van der Waals surface area (Å²) in [5.41, 5.74) is -3.66. The van der Waals surface area contributed by atoms with Crippen molar-refractivity contribution in [1.29, 1.82) is 0 Å². The number of carbonyl (C=O) groups excluding carboxylic acids is 2. The fourth-order valence-electron chi connectivity index (χ4n) is 2.05. The number of nitro benzene ring substituents is 1. The lowest BCUT2D eigenvalue weighted by molar-refractivity contribution is -0.384. The van der Waals surface area contributed by atoms with E-state index in [0.29, 0.717) is 11.3 Å². The largest absolute Gasteiger partial charge is 0.466 e. The molecule has 1 heterocycles. The molecule has 1 amide bonds. The van der Waals surface area contributed by atoms with Crippen molar-refractivity contribution >= 4 is 44.2 Å². The first-order chi connectivity index (χ1) is 12.0. The van der Waals surface area contributed by atoms with Gasteiger partial charge in [-0.05, 0) is 6.07 Å². The van der Waals surface area contributed by atoms with Crippen LogP contribution in [0.15, 0.2) is 18.2 Å². The number of nitrogens with one attached hydrogen (secondary N) is 2. The van der Waals surface area contributed by atoms with Gasteiger partial charge in [-0.25, -0.2) is 9.78 Å². The Morgan fingerprint density at radius 3 is 2.50 bits per heavy atom. The molecule has 0 aliphatic heterocycles. The Morgan fingerprint density at radius 2 is 2.00 bits per heavy atom. The second-order valence-electron chi connectivity index (χ2n) is 4.97. The Kier molecular flexibility index (Phi) is 5.02. The number of ether oxygens (including phenoxy) is 1. The number of anilines is 1. The molecule has 2 N–H and O–H groups in total. The summed E-state index contributed by atoms with van der Waals surface area (Å²) in [6.07, 6.45) is -5.27. The summed E-state index contributed by atoms with van der Waals surface area (Å²) in [6.45, 7) is 0.798. The minimum atomic E-state index is -5.27. The highest BCUT2D eigenvalue weighted by Gasteiger charge is 2.63. The van der Waals surface area contributed by atoms with Gasteiger partial charge < -0.3 is 15.4 Å². The molecular weight excluding hydrogens is 381 g/mol. The molecule has 1 atom stereocenters. The number of rotatable bonds is 5. The molecule has 140 valence electrons. The van der Waals surface area contributed by atoms with Crippen LogP contribution in [0.4, 0.5) is 24.0 Å². The number of thiazole rings is 1. The van der Waals surface area contributed by atoms with E-state index >= 15 is 0 Å². The lowest BCUT2D eigenvalue weighted by atomic mass is 10.1. The fourth-order valence-corrected chi connectivity index (χ4v) is 3.00. The van der Waals surface area contributed by atoms with Crippen LogP contribution in [0.3, 0.4) is 0 Å². The van der Waals surface area contributed by atoms with Gasteiger partial charge in [0.2, 0.25) is 5.91 Å². The van der Waals surface area contributed by atoms with Crippen molar-refractivity contribution in [2.45, 2.75) is 18.8 Å². The number of nitrogens with zero attached hydrogens (tertiary/aromatic N) is 2. The SMILES string of the molecule is COC(=O)[C@@](NC(C)=O)(Nc1nc2ccc([N+](=O)[O-])cc2s1)C(F)(F)F. The van der Waals surface area contributed by atoms with Gasteiger partial charge in [-0.3, -0.25) is 14.9 Å². The van der Waals surface area contributed by atoms with E-state index in [-0.39, 0.29) is 15.9 Å². The molecule has 0 aliphatic rings. The van der Waals surface area contributed by atoms with Crippen LogP contribution < -0.4 is 10.6 Å². The average Bonchev–Trinajstić information content (AvgIpc) is 2.92. The number of methoxy groups -OCH3 is 1. The number of alkyl halides is 3. The third-order valence-corrected chi connectivity index (χ3v) is 4.09. The van der Waals surface area contributed by atoms with Crippen LogP contribution in [0.1, 0.15) is 6.92 Å². The summed E-state index contributed by atoms with van der Waals surface area (Å²) < 4.78 is 45.2. The molecule has 0 saturated heterocycles. The summed E-state index contributed by atoms with van der Waals surface area (Å²) in [5.74, 6) is -2.94. The van der Waals surface area contributed by atoms with Gasteiger partial charge in [-0.2, -0.15) is 13.2 Å². The zero-order chi connectivity index (χ0) is 19.7. The lowest BCUT2D eigenvalue weighted by Crippen LogP contribution is -2.69. The Morgan fingerprint density at radius 1 is 1.35 bits per heavy atom. The van der Waals surface area contributed by atoms with E-state index in [4.69, 9.17) is 0 Å². The Balaban J connectivity index is 2.53. The first kappa shape index (κ1) is 19.4. The van der Waals surface area contributed by atoms with Gasteiger partial charge in [0, 0.05) is 19.1 Å². The van der Waals surface area contributed by atoms with E-state index in [1.165, 1.54) is 11.4 Å². The van der Waals surface area contributed by atoms with Crippen molar-refractivity contribution in [2.24, 2.45) is 0 Å². The van der Waals surface area contributed by atoms with Crippen molar-refractivity contribution in [1.82, 2.24) is 10.3 Å². The van der Waals surface area contributed by atoms with E-state index in [9.17, 15) is 32.9 Å². The number of nitro groups is 1. The molecule has 0 fully saturated rings. The van der Waals surface area contributed by atoms with Crippen LogP contribution in [-0.4, -0.2) is 40.7 Å². The molecule has 26 heavy (non-hydrogen) atoms. The maximum atomic E-state index is 13.6. The van der Waals surface area contributed by atoms with Crippen molar-refractivity contribution in [2.75, 3.05) is 12.4 Å². The number of fused-ring (bicyclic) bond motifs is 1. The van der Waals surface area contributed by atoms with Crippen molar-refractivity contribution in [3.05, 3.63) is 28.3 Å². The third-order valence-electron chi connectivity index (χ3n) is 3.16. The van der Waals surface area contributed by atoms with E-state index in [0.717, 1.165) is 26.2 Å². The summed E-state index contributed by atoms with van der Waals surface area (Å²) in [5, 5.41) is 13.8. The number of aromatic nitrogens is 1. The first-order valence-corrected chi connectivity index (χ1v) is 7.59.